The van der Waals surface area contributed by atoms with Gasteiger partial charge in [-0.15, -0.1) is 0 Å². The Morgan fingerprint density at radius 2 is 1.75 bits per heavy atom. The highest BCUT2D eigenvalue weighted by Gasteiger charge is 2.16. The van der Waals surface area contributed by atoms with Crippen molar-refractivity contribution in [3.05, 3.63) is 48.3 Å². The largest absolute Gasteiger partial charge is 0.335 e. The summed E-state index contributed by atoms with van der Waals surface area (Å²) < 4.78 is 12.8. The Bertz CT molecular complexity index is 542. The molecule has 0 aliphatic heterocycles. The number of aromatic nitrogens is 1. The molecule has 0 amide bonds. The minimum atomic E-state index is -0.567. The van der Waals surface area contributed by atoms with Gasteiger partial charge in [0.15, 0.2) is 6.29 Å². The quantitative estimate of drug-likeness (QED) is 0.572. The van der Waals surface area contributed by atoms with Crippen LogP contribution in [0.1, 0.15) is 30.7 Å². The summed E-state index contributed by atoms with van der Waals surface area (Å²) in [5, 5.41) is 0. The zero-order valence-corrected chi connectivity index (χ0v) is 11.8. The molecule has 20 heavy (non-hydrogen) atoms. The van der Waals surface area contributed by atoms with Gasteiger partial charge >= 0.3 is 0 Å². The molecule has 0 aliphatic carbocycles. The van der Waals surface area contributed by atoms with Crippen LogP contribution in [0.2, 0.25) is 0 Å². The Kier molecular flexibility index (Phi) is 5.09. The highest BCUT2D eigenvalue weighted by Crippen LogP contribution is 2.25. The van der Waals surface area contributed by atoms with E-state index in [1.54, 1.807) is 4.57 Å². The Morgan fingerprint density at radius 3 is 2.30 bits per heavy atom. The van der Waals surface area contributed by atoms with Crippen LogP contribution in [0.5, 0.6) is 0 Å². The van der Waals surface area contributed by atoms with Crippen molar-refractivity contribution in [1.29, 1.82) is 0 Å². The smallest absolute Gasteiger partial charge is 0.244 e. The Morgan fingerprint density at radius 1 is 1.10 bits per heavy atom. The SMILES string of the molecule is CCOC(OCC)n1cc(-c2ccccc2)cc1C=O. The van der Waals surface area contributed by atoms with Crippen LogP contribution < -0.4 is 0 Å². The summed E-state index contributed by atoms with van der Waals surface area (Å²) in [5.74, 6) is 0. The molecule has 0 fully saturated rings. The molecular formula is C16H19NO3. The second kappa shape index (κ2) is 7.03. The van der Waals surface area contributed by atoms with Crippen LogP contribution in [0, 0.1) is 0 Å². The van der Waals surface area contributed by atoms with Crippen LogP contribution in [-0.4, -0.2) is 24.1 Å². The van der Waals surface area contributed by atoms with Crippen molar-refractivity contribution in [2.45, 2.75) is 20.3 Å². The molecule has 2 aromatic rings. The lowest BCUT2D eigenvalue weighted by Crippen LogP contribution is -2.17. The van der Waals surface area contributed by atoms with Gasteiger partial charge < -0.3 is 9.47 Å². The van der Waals surface area contributed by atoms with Crippen LogP contribution >= 0.6 is 0 Å². The molecule has 0 saturated heterocycles. The van der Waals surface area contributed by atoms with Crippen molar-refractivity contribution < 1.29 is 14.3 Å². The average molecular weight is 273 g/mol. The highest BCUT2D eigenvalue weighted by atomic mass is 16.7. The minimum absolute atomic E-state index is 0.516. The maximum absolute atomic E-state index is 11.3. The fourth-order valence-electron chi connectivity index (χ4n) is 2.06. The van der Waals surface area contributed by atoms with E-state index < -0.39 is 6.41 Å². The first kappa shape index (κ1) is 14.5. The normalized spacial score (nSPS) is 10.9. The topological polar surface area (TPSA) is 40.5 Å². The van der Waals surface area contributed by atoms with Gasteiger partial charge in [-0.25, -0.2) is 0 Å². The van der Waals surface area contributed by atoms with Gasteiger partial charge in [0.25, 0.3) is 0 Å². The molecule has 106 valence electrons. The molecule has 1 aromatic heterocycles. The summed E-state index contributed by atoms with van der Waals surface area (Å²) in [4.78, 5) is 11.3. The van der Waals surface area contributed by atoms with E-state index in [-0.39, 0.29) is 0 Å². The maximum Gasteiger partial charge on any atom is 0.244 e. The van der Waals surface area contributed by atoms with E-state index in [4.69, 9.17) is 9.47 Å². The number of aldehydes is 1. The number of ether oxygens (including phenoxy) is 2. The van der Waals surface area contributed by atoms with Crippen molar-refractivity contribution in [3.63, 3.8) is 0 Å². The molecule has 0 bridgehead atoms. The molecule has 0 aliphatic rings. The molecule has 0 radical (unpaired) electrons. The standard InChI is InChI=1S/C16H19NO3/c1-3-19-16(20-4-2)17-11-14(10-15(17)12-18)13-8-6-5-7-9-13/h5-12,16H,3-4H2,1-2H3. The third-order valence-electron chi connectivity index (χ3n) is 2.95. The number of carbonyl (C=O) groups excluding carboxylic acids is 1. The molecule has 1 aromatic carbocycles. The lowest BCUT2D eigenvalue weighted by molar-refractivity contribution is -0.186. The van der Waals surface area contributed by atoms with Crippen LogP contribution in [0.25, 0.3) is 11.1 Å². The Labute approximate surface area is 118 Å². The summed E-state index contributed by atoms with van der Waals surface area (Å²) in [6.07, 6.45) is 2.13. The first-order valence-corrected chi connectivity index (χ1v) is 6.75. The predicted molar refractivity (Wildman–Crippen MR) is 77.5 cm³/mol. The zero-order chi connectivity index (χ0) is 14.4. The van der Waals surface area contributed by atoms with E-state index in [0.29, 0.717) is 18.9 Å². The molecule has 4 nitrogen and oxygen atoms in total. The molecule has 1 heterocycles. The van der Waals surface area contributed by atoms with E-state index in [1.165, 1.54) is 0 Å². The van der Waals surface area contributed by atoms with Crippen LogP contribution in [0.3, 0.4) is 0 Å². The third kappa shape index (κ3) is 3.15. The number of rotatable bonds is 7. The van der Waals surface area contributed by atoms with E-state index in [1.807, 2.05) is 56.4 Å². The van der Waals surface area contributed by atoms with Crippen LogP contribution in [0.4, 0.5) is 0 Å². The van der Waals surface area contributed by atoms with Crippen LogP contribution in [0.15, 0.2) is 42.6 Å². The van der Waals surface area contributed by atoms with Gasteiger partial charge in [0, 0.05) is 25.0 Å². The molecular weight excluding hydrogens is 254 g/mol. The summed E-state index contributed by atoms with van der Waals surface area (Å²) in [5.41, 5.74) is 2.56. The minimum Gasteiger partial charge on any atom is -0.335 e. The van der Waals surface area contributed by atoms with Gasteiger partial charge in [-0.2, -0.15) is 0 Å². The fraction of sp³-hybridized carbons (Fsp3) is 0.312. The average Bonchev–Trinajstić information content (AvgIpc) is 2.92. The van der Waals surface area contributed by atoms with Gasteiger partial charge in [-0.1, -0.05) is 30.3 Å². The lowest BCUT2D eigenvalue weighted by Gasteiger charge is -2.19. The van der Waals surface area contributed by atoms with E-state index in [2.05, 4.69) is 0 Å². The second-order valence-electron chi connectivity index (χ2n) is 4.26. The first-order valence-electron chi connectivity index (χ1n) is 6.75. The molecule has 0 N–H and O–H groups in total. The monoisotopic (exact) mass is 273 g/mol. The van der Waals surface area contributed by atoms with Crippen molar-refractivity contribution in [1.82, 2.24) is 4.57 Å². The molecule has 0 saturated carbocycles. The lowest BCUT2D eigenvalue weighted by atomic mass is 10.1. The van der Waals surface area contributed by atoms with Crippen molar-refractivity contribution in [2.75, 3.05) is 13.2 Å². The molecule has 0 spiro atoms. The highest BCUT2D eigenvalue weighted by molar-refractivity contribution is 5.77. The Balaban J connectivity index is 2.37. The maximum atomic E-state index is 11.3. The molecule has 0 unspecified atom stereocenters. The van der Waals surface area contributed by atoms with E-state index >= 15 is 0 Å². The second-order valence-corrected chi connectivity index (χ2v) is 4.26. The summed E-state index contributed by atoms with van der Waals surface area (Å²) in [6.45, 7) is 4.83. The predicted octanol–water partition coefficient (Wildman–Crippen LogP) is 3.50. The number of hydrogen-bond donors (Lipinski definition) is 0. The number of hydrogen-bond acceptors (Lipinski definition) is 3. The molecule has 0 atom stereocenters. The molecule has 4 heteroatoms. The number of benzene rings is 1. The van der Waals surface area contributed by atoms with Gasteiger partial charge in [0.2, 0.25) is 6.41 Å². The van der Waals surface area contributed by atoms with Gasteiger partial charge in [0.05, 0.1) is 5.69 Å². The summed E-state index contributed by atoms with van der Waals surface area (Å²) in [6, 6.07) is 11.7. The third-order valence-corrected chi connectivity index (χ3v) is 2.95. The number of nitrogens with zero attached hydrogens (tertiary/aromatic N) is 1. The molecule has 2 rings (SSSR count). The first-order chi connectivity index (χ1) is 9.80. The summed E-state index contributed by atoms with van der Waals surface area (Å²) in [7, 11) is 0. The van der Waals surface area contributed by atoms with Crippen molar-refractivity contribution >= 4 is 6.29 Å². The fourth-order valence-corrected chi connectivity index (χ4v) is 2.06. The van der Waals surface area contributed by atoms with E-state index in [9.17, 15) is 4.79 Å². The summed E-state index contributed by atoms with van der Waals surface area (Å²) >= 11 is 0. The van der Waals surface area contributed by atoms with Crippen molar-refractivity contribution in [3.8, 4) is 11.1 Å². The zero-order valence-electron chi connectivity index (χ0n) is 11.8. The van der Waals surface area contributed by atoms with Crippen molar-refractivity contribution in [2.24, 2.45) is 0 Å². The number of carbonyl (C=O) groups is 1. The van der Waals surface area contributed by atoms with E-state index in [0.717, 1.165) is 17.4 Å². The van der Waals surface area contributed by atoms with Gasteiger partial charge in [0.1, 0.15) is 0 Å². The van der Waals surface area contributed by atoms with Gasteiger partial charge in [-0.05, 0) is 25.5 Å². The van der Waals surface area contributed by atoms with Gasteiger partial charge in [-0.3, -0.25) is 9.36 Å². The Hall–Kier alpha value is -1.91. The van der Waals surface area contributed by atoms with Crippen LogP contribution in [-0.2, 0) is 9.47 Å².